The van der Waals surface area contributed by atoms with Crippen molar-refractivity contribution in [3.8, 4) is 0 Å². The van der Waals surface area contributed by atoms with Crippen molar-refractivity contribution in [3.63, 3.8) is 0 Å². The summed E-state index contributed by atoms with van der Waals surface area (Å²) >= 11 is 0. The highest BCUT2D eigenvalue weighted by molar-refractivity contribution is 5.87. The quantitative estimate of drug-likeness (QED) is 0.583. The summed E-state index contributed by atoms with van der Waals surface area (Å²) in [6.07, 6.45) is 24.3. The molecule has 0 spiro atoms. The van der Waals surface area contributed by atoms with Crippen molar-refractivity contribution in [2.45, 2.75) is 115 Å². The molecular weight excluding hydrogens is 280 g/mol. The van der Waals surface area contributed by atoms with Crippen molar-refractivity contribution in [3.05, 3.63) is 0 Å². The monoisotopic (exact) mass is 318 g/mol. The van der Waals surface area contributed by atoms with Gasteiger partial charge in [0.15, 0.2) is 0 Å². The number of hydrogen-bond donors (Lipinski definition) is 0. The fourth-order valence-corrected chi connectivity index (χ4v) is 4.92. The highest BCUT2D eigenvalue weighted by atomic mass is 15.5. The van der Waals surface area contributed by atoms with Crippen LogP contribution in [0, 0.1) is 5.92 Å². The molecule has 2 fully saturated rings. The second-order valence-electron chi connectivity index (χ2n) is 8.25. The van der Waals surface area contributed by atoms with Gasteiger partial charge in [-0.05, 0) is 31.6 Å². The Morgan fingerprint density at radius 1 is 0.609 bits per heavy atom. The summed E-state index contributed by atoms with van der Waals surface area (Å²) in [7, 11) is 0. The van der Waals surface area contributed by atoms with Crippen LogP contribution in [0.25, 0.3) is 0 Å². The normalized spacial score (nSPS) is 27.3. The van der Waals surface area contributed by atoms with Gasteiger partial charge < -0.3 is 0 Å². The van der Waals surface area contributed by atoms with Crippen molar-refractivity contribution in [2.75, 3.05) is 6.54 Å². The minimum Gasteiger partial charge on any atom is -0.294 e. The SMILES string of the molecule is C1CCCCC(C2=NN(C3CCCCCCCC3)CC2)CCC1. The summed E-state index contributed by atoms with van der Waals surface area (Å²) < 4.78 is 0. The Hall–Kier alpha value is -0.530. The van der Waals surface area contributed by atoms with Crippen LogP contribution in [-0.2, 0) is 0 Å². The Bertz CT molecular complexity index is 343. The van der Waals surface area contributed by atoms with Gasteiger partial charge in [0.1, 0.15) is 0 Å². The Balaban J connectivity index is 1.56. The molecule has 1 heterocycles. The zero-order valence-electron chi connectivity index (χ0n) is 15.3. The number of nitrogens with zero attached hydrogens (tertiary/aromatic N) is 2. The van der Waals surface area contributed by atoms with Crippen molar-refractivity contribution in [2.24, 2.45) is 11.0 Å². The zero-order valence-corrected chi connectivity index (χ0v) is 15.3. The van der Waals surface area contributed by atoms with Crippen LogP contribution in [0.2, 0.25) is 0 Å². The highest BCUT2D eigenvalue weighted by Gasteiger charge is 2.26. The molecule has 0 saturated heterocycles. The van der Waals surface area contributed by atoms with Gasteiger partial charge >= 0.3 is 0 Å². The minimum absolute atomic E-state index is 0.752. The van der Waals surface area contributed by atoms with E-state index in [0.29, 0.717) is 0 Å². The summed E-state index contributed by atoms with van der Waals surface area (Å²) in [5, 5.41) is 7.71. The molecule has 0 atom stereocenters. The molecule has 0 unspecified atom stereocenters. The van der Waals surface area contributed by atoms with E-state index in [1.165, 1.54) is 116 Å². The fourth-order valence-electron chi connectivity index (χ4n) is 4.92. The summed E-state index contributed by atoms with van der Waals surface area (Å²) in [6, 6.07) is 0.752. The topological polar surface area (TPSA) is 15.6 Å². The first-order chi connectivity index (χ1) is 11.4. The van der Waals surface area contributed by atoms with Gasteiger partial charge in [0.25, 0.3) is 0 Å². The van der Waals surface area contributed by atoms with Crippen molar-refractivity contribution in [1.82, 2.24) is 5.01 Å². The van der Waals surface area contributed by atoms with Crippen LogP contribution in [0.4, 0.5) is 0 Å². The maximum Gasteiger partial charge on any atom is 0.0470 e. The third kappa shape index (κ3) is 5.50. The van der Waals surface area contributed by atoms with E-state index in [4.69, 9.17) is 5.10 Å². The predicted octanol–water partition coefficient (Wildman–Crippen LogP) is 6.30. The summed E-state index contributed by atoms with van der Waals surface area (Å²) in [4.78, 5) is 0. The molecule has 0 aromatic carbocycles. The number of rotatable bonds is 2. The molecule has 0 aromatic heterocycles. The van der Waals surface area contributed by atoms with Crippen molar-refractivity contribution < 1.29 is 0 Å². The van der Waals surface area contributed by atoms with Gasteiger partial charge in [-0.1, -0.05) is 77.0 Å². The Morgan fingerprint density at radius 3 is 1.65 bits per heavy atom. The molecule has 0 N–H and O–H groups in total. The van der Waals surface area contributed by atoms with Gasteiger partial charge in [0, 0.05) is 24.7 Å². The van der Waals surface area contributed by atoms with Gasteiger partial charge in [-0.15, -0.1) is 0 Å². The van der Waals surface area contributed by atoms with E-state index in [2.05, 4.69) is 5.01 Å². The fraction of sp³-hybridized carbons (Fsp3) is 0.952. The molecule has 0 aromatic rings. The number of hydrogen-bond acceptors (Lipinski definition) is 2. The lowest BCUT2D eigenvalue weighted by Gasteiger charge is -2.26. The van der Waals surface area contributed by atoms with Gasteiger partial charge in [-0.2, -0.15) is 5.10 Å². The largest absolute Gasteiger partial charge is 0.294 e. The molecule has 0 amide bonds. The Morgan fingerprint density at radius 2 is 1.09 bits per heavy atom. The van der Waals surface area contributed by atoms with Gasteiger partial charge in [0.05, 0.1) is 0 Å². The first-order valence-corrected chi connectivity index (χ1v) is 10.8. The third-order valence-electron chi connectivity index (χ3n) is 6.43. The second-order valence-corrected chi connectivity index (χ2v) is 8.25. The molecule has 2 nitrogen and oxygen atoms in total. The van der Waals surface area contributed by atoms with Crippen LogP contribution in [-0.4, -0.2) is 23.3 Å². The lowest BCUT2D eigenvalue weighted by molar-refractivity contribution is 0.198. The van der Waals surface area contributed by atoms with Gasteiger partial charge in [-0.25, -0.2) is 0 Å². The van der Waals surface area contributed by atoms with E-state index in [0.717, 1.165) is 12.0 Å². The molecule has 2 saturated carbocycles. The van der Waals surface area contributed by atoms with Crippen molar-refractivity contribution >= 4 is 5.71 Å². The Labute approximate surface area is 144 Å². The van der Waals surface area contributed by atoms with Crippen molar-refractivity contribution in [1.29, 1.82) is 0 Å². The summed E-state index contributed by atoms with van der Waals surface area (Å²) in [5.41, 5.74) is 1.58. The first-order valence-electron chi connectivity index (χ1n) is 10.8. The van der Waals surface area contributed by atoms with E-state index >= 15 is 0 Å². The van der Waals surface area contributed by atoms with Crippen LogP contribution in [0.15, 0.2) is 5.10 Å². The van der Waals surface area contributed by atoms with Crippen LogP contribution >= 0.6 is 0 Å². The maximum atomic E-state index is 5.19. The van der Waals surface area contributed by atoms with E-state index < -0.39 is 0 Å². The van der Waals surface area contributed by atoms with Crippen LogP contribution in [0.3, 0.4) is 0 Å². The third-order valence-corrected chi connectivity index (χ3v) is 6.43. The smallest absolute Gasteiger partial charge is 0.0470 e. The van der Waals surface area contributed by atoms with Gasteiger partial charge in [0.2, 0.25) is 0 Å². The summed E-state index contributed by atoms with van der Waals surface area (Å²) in [6.45, 7) is 1.22. The first kappa shape index (κ1) is 17.3. The van der Waals surface area contributed by atoms with E-state index in [-0.39, 0.29) is 0 Å². The second kappa shape index (κ2) is 9.69. The molecule has 0 bridgehead atoms. The molecule has 3 rings (SSSR count). The molecule has 2 aliphatic carbocycles. The highest BCUT2D eigenvalue weighted by Crippen LogP contribution is 2.29. The molecule has 1 aliphatic heterocycles. The molecule has 3 aliphatic rings. The molecule has 23 heavy (non-hydrogen) atoms. The lowest BCUT2D eigenvalue weighted by Crippen LogP contribution is -2.29. The molecular formula is C21H38N2. The summed E-state index contributed by atoms with van der Waals surface area (Å²) in [5.74, 6) is 0.814. The maximum absolute atomic E-state index is 5.19. The van der Waals surface area contributed by atoms with E-state index in [1.807, 2.05) is 0 Å². The molecule has 2 heteroatoms. The molecule has 0 radical (unpaired) electrons. The average molecular weight is 319 g/mol. The zero-order chi connectivity index (χ0) is 15.7. The standard InChI is InChI=1S/C21H38N2/c1-2-6-10-14-19(13-9-5-1)21-17-18-23(22-21)20-15-11-7-3-4-8-12-16-20/h19-20H,1-18H2. The Kier molecular flexibility index (Phi) is 7.29. The predicted molar refractivity (Wildman–Crippen MR) is 99.9 cm³/mol. The van der Waals surface area contributed by atoms with Gasteiger partial charge in [-0.3, -0.25) is 5.01 Å². The number of hydrazone groups is 1. The average Bonchev–Trinajstić information content (AvgIpc) is 3.11. The van der Waals surface area contributed by atoms with Crippen LogP contribution in [0.5, 0.6) is 0 Å². The van der Waals surface area contributed by atoms with Crippen LogP contribution in [0.1, 0.15) is 109 Å². The van der Waals surface area contributed by atoms with Crippen LogP contribution < -0.4 is 0 Å². The minimum atomic E-state index is 0.752. The van der Waals surface area contributed by atoms with E-state index in [1.54, 1.807) is 5.71 Å². The molecule has 132 valence electrons. The lowest BCUT2D eigenvalue weighted by atomic mass is 9.91. The van der Waals surface area contributed by atoms with E-state index in [9.17, 15) is 0 Å².